The summed E-state index contributed by atoms with van der Waals surface area (Å²) in [6.45, 7) is 4.57. The highest BCUT2D eigenvalue weighted by atomic mass is 35.5. The molecule has 0 saturated carbocycles. The number of nitrogens with one attached hydrogen (secondary N) is 1. The Balaban J connectivity index is 1.73. The molecule has 3 N–H and O–H groups in total. The van der Waals surface area contributed by atoms with Crippen LogP contribution in [0.2, 0.25) is 5.02 Å². The maximum absolute atomic E-state index is 13.3. The van der Waals surface area contributed by atoms with E-state index in [1.807, 2.05) is 32.0 Å². The Morgan fingerprint density at radius 3 is 2.38 bits per heavy atom. The largest absolute Gasteiger partial charge is 0.460 e. The van der Waals surface area contributed by atoms with Gasteiger partial charge in [-0.15, -0.1) is 0 Å². The molecule has 0 spiro atoms. The highest BCUT2D eigenvalue weighted by Gasteiger charge is 2.20. The van der Waals surface area contributed by atoms with E-state index < -0.39 is 5.91 Å². The summed E-state index contributed by atoms with van der Waals surface area (Å²) in [6.07, 6.45) is 0.295. The predicted octanol–water partition coefficient (Wildman–Crippen LogP) is 5.97. The topological polar surface area (TPSA) is 85.3 Å². The van der Waals surface area contributed by atoms with Gasteiger partial charge in [0.05, 0.1) is 16.1 Å². The molecule has 1 heterocycles. The molecular formula is C27H24ClFN2O3. The number of benzene rings is 3. The fraction of sp³-hybridized carbons (Fsp3) is 0.185. The van der Waals surface area contributed by atoms with Crippen molar-refractivity contribution < 1.29 is 18.4 Å². The van der Waals surface area contributed by atoms with E-state index in [0.717, 1.165) is 16.7 Å². The van der Waals surface area contributed by atoms with Crippen molar-refractivity contribution in [2.45, 2.75) is 20.3 Å². The van der Waals surface area contributed by atoms with E-state index in [9.17, 15) is 14.0 Å². The zero-order chi connectivity index (χ0) is 24.4. The normalized spacial score (nSPS) is 11.2. The Morgan fingerprint density at radius 1 is 1.03 bits per heavy atom. The summed E-state index contributed by atoms with van der Waals surface area (Å²) in [7, 11) is 0. The van der Waals surface area contributed by atoms with Crippen molar-refractivity contribution in [2.75, 3.05) is 6.54 Å². The number of carbonyl (C=O) groups excluding carboxylic acids is 2. The minimum absolute atomic E-state index is 0.246. The van der Waals surface area contributed by atoms with Crippen LogP contribution in [0.15, 0.2) is 65.1 Å². The molecule has 174 valence electrons. The SMILES string of the molecule is CC(C)CNC(=O)c1cc(-c2ccc3oc(Cc4ccc(F)cc4)c(C(N)=O)c3c2)ccc1Cl. The number of amides is 2. The average Bonchev–Trinajstić information content (AvgIpc) is 3.16. The molecule has 0 bridgehead atoms. The minimum Gasteiger partial charge on any atom is -0.460 e. The second-order valence-corrected chi connectivity index (χ2v) is 8.98. The number of nitrogens with two attached hydrogens (primary N) is 1. The zero-order valence-electron chi connectivity index (χ0n) is 18.8. The summed E-state index contributed by atoms with van der Waals surface area (Å²) in [6, 6.07) is 16.6. The highest BCUT2D eigenvalue weighted by Crippen LogP contribution is 2.33. The maximum atomic E-state index is 13.3. The Hall–Kier alpha value is -3.64. The molecule has 0 fully saturated rings. The molecule has 0 unspecified atom stereocenters. The van der Waals surface area contributed by atoms with Crippen LogP contribution in [0.3, 0.4) is 0 Å². The van der Waals surface area contributed by atoms with Gasteiger partial charge >= 0.3 is 0 Å². The van der Waals surface area contributed by atoms with Crippen molar-refractivity contribution in [3.05, 3.63) is 94.0 Å². The van der Waals surface area contributed by atoms with Gasteiger partial charge in [-0.3, -0.25) is 9.59 Å². The van der Waals surface area contributed by atoms with E-state index in [1.165, 1.54) is 12.1 Å². The lowest BCUT2D eigenvalue weighted by molar-refractivity contribution is 0.0948. The monoisotopic (exact) mass is 478 g/mol. The number of hydrogen-bond acceptors (Lipinski definition) is 3. The molecular weight excluding hydrogens is 455 g/mol. The number of rotatable bonds is 7. The van der Waals surface area contributed by atoms with Gasteiger partial charge in [0.15, 0.2) is 0 Å². The first-order chi connectivity index (χ1) is 16.2. The van der Waals surface area contributed by atoms with E-state index >= 15 is 0 Å². The smallest absolute Gasteiger partial charge is 0.252 e. The van der Waals surface area contributed by atoms with Crippen LogP contribution >= 0.6 is 11.6 Å². The average molecular weight is 479 g/mol. The Bertz CT molecular complexity index is 1380. The van der Waals surface area contributed by atoms with Gasteiger partial charge in [0.1, 0.15) is 17.2 Å². The van der Waals surface area contributed by atoms with Gasteiger partial charge in [-0.2, -0.15) is 0 Å². The summed E-state index contributed by atoms with van der Waals surface area (Å²) >= 11 is 6.29. The molecule has 4 aromatic rings. The van der Waals surface area contributed by atoms with Crippen molar-refractivity contribution in [3.63, 3.8) is 0 Å². The second kappa shape index (κ2) is 9.69. The first-order valence-corrected chi connectivity index (χ1v) is 11.3. The van der Waals surface area contributed by atoms with Crippen LogP contribution < -0.4 is 11.1 Å². The predicted molar refractivity (Wildman–Crippen MR) is 132 cm³/mol. The molecule has 0 aliphatic rings. The van der Waals surface area contributed by atoms with Crippen LogP contribution in [-0.4, -0.2) is 18.4 Å². The molecule has 0 aliphatic heterocycles. The fourth-order valence-electron chi connectivity index (χ4n) is 3.78. The molecule has 0 saturated heterocycles. The van der Waals surface area contributed by atoms with Gasteiger partial charge in [-0.25, -0.2) is 4.39 Å². The standard InChI is InChI=1S/C27H24ClFN2O3/c1-15(2)14-31-27(33)20-12-17(5-9-22(20)28)18-6-10-23-21(13-18)25(26(30)32)24(34-23)11-16-3-7-19(29)8-4-16/h3-10,12-13,15H,11,14H2,1-2H3,(H2,30,32)(H,31,33). The zero-order valence-corrected chi connectivity index (χ0v) is 19.6. The summed E-state index contributed by atoms with van der Waals surface area (Å²) < 4.78 is 19.2. The summed E-state index contributed by atoms with van der Waals surface area (Å²) in [5.74, 6) is -0.475. The van der Waals surface area contributed by atoms with Crippen molar-refractivity contribution >= 4 is 34.4 Å². The van der Waals surface area contributed by atoms with Crippen LogP contribution in [-0.2, 0) is 6.42 Å². The van der Waals surface area contributed by atoms with Crippen LogP contribution in [0, 0.1) is 11.7 Å². The number of halogens is 2. The summed E-state index contributed by atoms with van der Waals surface area (Å²) in [5.41, 5.74) is 9.20. The van der Waals surface area contributed by atoms with E-state index in [2.05, 4.69) is 5.32 Å². The summed E-state index contributed by atoms with van der Waals surface area (Å²) in [4.78, 5) is 24.9. The van der Waals surface area contributed by atoms with Crippen molar-refractivity contribution in [3.8, 4) is 11.1 Å². The third kappa shape index (κ3) is 4.97. The molecule has 1 aromatic heterocycles. The van der Waals surface area contributed by atoms with Crippen LogP contribution in [0.1, 0.15) is 45.9 Å². The lowest BCUT2D eigenvalue weighted by atomic mass is 9.99. The number of hydrogen-bond donors (Lipinski definition) is 2. The van der Waals surface area contributed by atoms with Crippen molar-refractivity contribution in [1.29, 1.82) is 0 Å². The van der Waals surface area contributed by atoms with Crippen LogP contribution in [0.4, 0.5) is 4.39 Å². The molecule has 0 radical (unpaired) electrons. The van der Waals surface area contributed by atoms with E-state index in [-0.39, 0.29) is 17.3 Å². The van der Waals surface area contributed by atoms with Gasteiger partial charge in [0, 0.05) is 18.4 Å². The minimum atomic E-state index is -0.613. The van der Waals surface area contributed by atoms with Gasteiger partial charge in [-0.05, 0) is 59.0 Å². The maximum Gasteiger partial charge on any atom is 0.252 e. The third-order valence-electron chi connectivity index (χ3n) is 5.50. The highest BCUT2D eigenvalue weighted by molar-refractivity contribution is 6.34. The number of fused-ring (bicyclic) bond motifs is 1. The molecule has 7 heteroatoms. The molecule has 2 amide bonds. The second-order valence-electron chi connectivity index (χ2n) is 8.58. The van der Waals surface area contributed by atoms with Gasteiger partial charge in [-0.1, -0.05) is 49.7 Å². The molecule has 34 heavy (non-hydrogen) atoms. The van der Waals surface area contributed by atoms with Gasteiger partial charge in [0.25, 0.3) is 11.8 Å². The fourth-order valence-corrected chi connectivity index (χ4v) is 3.98. The first kappa shape index (κ1) is 23.5. The quantitative estimate of drug-likeness (QED) is 0.343. The molecule has 0 atom stereocenters. The van der Waals surface area contributed by atoms with Gasteiger partial charge < -0.3 is 15.5 Å². The number of primary amides is 1. The van der Waals surface area contributed by atoms with Crippen molar-refractivity contribution in [2.24, 2.45) is 11.7 Å². The Kier molecular flexibility index (Phi) is 6.70. The van der Waals surface area contributed by atoms with Gasteiger partial charge in [0.2, 0.25) is 0 Å². The number of furan rings is 1. The Morgan fingerprint density at radius 2 is 1.71 bits per heavy atom. The van der Waals surface area contributed by atoms with E-state index in [4.69, 9.17) is 21.8 Å². The van der Waals surface area contributed by atoms with E-state index in [0.29, 0.717) is 46.2 Å². The third-order valence-corrected chi connectivity index (χ3v) is 5.83. The molecule has 4 rings (SSSR count). The molecule has 0 aliphatic carbocycles. The van der Waals surface area contributed by atoms with Crippen LogP contribution in [0.5, 0.6) is 0 Å². The van der Waals surface area contributed by atoms with Crippen molar-refractivity contribution in [1.82, 2.24) is 5.32 Å². The lowest BCUT2D eigenvalue weighted by Crippen LogP contribution is -2.27. The molecule has 5 nitrogen and oxygen atoms in total. The lowest BCUT2D eigenvalue weighted by Gasteiger charge is -2.11. The number of carbonyl (C=O) groups is 2. The molecule has 3 aromatic carbocycles. The summed E-state index contributed by atoms with van der Waals surface area (Å²) in [5, 5.41) is 3.81. The first-order valence-electron chi connectivity index (χ1n) is 10.9. The van der Waals surface area contributed by atoms with E-state index in [1.54, 1.807) is 30.3 Å². The van der Waals surface area contributed by atoms with Crippen LogP contribution in [0.25, 0.3) is 22.1 Å². The Labute approximate surface area is 201 Å².